The second-order valence-electron chi connectivity index (χ2n) is 6.89. The summed E-state index contributed by atoms with van der Waals surface area (Å²) in [4.78, 5) is 6.92. The Labute approximate surface area is 163 Å². The molecule has 2 heterocycles. The molecule has 1 saturated heterocycles. The summed E-state index contributed by atoms with van der Waals surface area (Å²) < 4.78 is 30.0. The van der Waals surface area contributed by atoms with E-state index < -0.39 is 0 Å². The minimum Gasteiger partial charge on any atom is -0.497 e. The highest BCUT2D eigenvalue weighted by molar-refractivity contribution is 5.53. The number of hydrogen-bond donors (Lipinski definition) is 0. The van der Waals surface area contributed by atoms with E-state index in [4.69, 9.17) is 13.9 Å². The Morgan fingerprint density at radius 3 is 2.86 bits per heavy atom. The zero-order valence-corrected chi connectivity index (χ0v) is 16.0. The van der Waals surface area contributed by atoms with Crippen LogP contribution >= 0.6 is 0 Å². The Morgan fingerprint density at radius 2 is 2.07 bits per heavy atom. The third-order valence-electron chi connectivity index (χ3n) is 5.15. The van der Waals surface area contributed by atoms with E-state index in [2.05, 4.69) is 9.88 Å². The molecule has 1 aliphatic rings. The standard InChI is InChI=1S/C22H23FN2O3/c1-26-18-8-9-21(27-2)19(12-18)20-7-4-10-25(20)13-17-14-28-22(24-17)15-5-3-6-16(23)11-15/h3,5-6,8-9,11-12,14,20H,4,7,10,13H2,1-2H3/t20-/m1/s1. The van der Waals surface area contributed by atoms with Gasteiger partial charge in [0.1, 0.15) is 23.6 Å². The van der Waals surface area contributed by atoms with Crippen LogP contribution < -0.4 is 9.47 Å². The van der Waals surface area contributed by atoms with Gasteiger partial charge in [-0.1, -0.05) is 6.07 Å². The van der Waals surface area contributed by atoms with Crippen molar-refractivity contribution in [3.63, 3.8) is 0 Å². The van der Waals surface area contributed by atoms with Crippen molar-refractivity contribution < 1.29 is 18.3 Å². The van der Waals surface area contributed by atoms with E-state index in [1.165, 1.54) is 12.1 Å². The molecule has 0 unspecified atom stereocenters. The normalized spacial score (nSPS) is 17.0. The van der Waals surface area contributed by atoms with E-state index in [0.717, 1.165) is 42.1 Å². The quantitative estimate of drug-likeness (QED) is 0.611. The van der Waals surface area contributed by atoms with Crippen LogP contribution in [-0.2, 0) is 6.54 Å². The van der Waals surface area contributed by atoms with Gasteiger partial charge in [-0.15, -0.1) is 0 Å². The summed E-state index contributed by atoms with van der Waals surface area (Å²) in [5.41, 5.74) is 2.58. The number of methoxy groups -OCH3 is 2. The fourth-order valence-corrected chi connectivity index (χ4v) is 3.81. The van der Waals surface area contributed by atoms with Crippen molar-refractivity contribution in [2.24, 2.45) is 0 Å². The maximum absolute atomic E-state index is 13.5. The predicted molar refractivity (Wildman–Crippen MR) is 104 cm³/mol. The second-order valence-corrected chi connectivity index (χ2v) is 6.89. The van der Waals surface area contributed by atoms with Crippen molar-refractivity contribution in [1.82, 2.24) is 9.88 Å². The first-order valence-corrected chi connectivity index (χ1v) is 9.34. The van der Waals surface area contributed by atoms with Crippen molar-refractivity contribution in [2.45, 2.75) is 25.4 Å². The number of aromatic nitrogens is 1. The molecule has 1 aliphatic heterocycles. The van der Waals surface area contributed by atoms with Gasteiger partial charge in [0.2, 0.25) is 5.89 Å². The molecule has 1 atom stereocenters. The topological polar surface area (TPSA) is 47.7 Å². The molecule has 0 spiro atoms. The number of oxazole rings is 1. The summed E-state index contributed by atoms with van der Waals surface area (Å²) in [6, 6.07) is 12.4. The Bertz CT molecular complexity index is 956. The molecule has 0 aliphatic carbocycles. The van der Waals surface area contributed by atoms with Gasteiger partial charge < -0.3 is 13.9 Å². The van der Waals surface area contributed by atoms with Gasteiger partial charge in [-0.2, -0.15) is 0 Å². The Hall–Kier alpha value is -2.86. The Balaban J connectivity index is 1.55. The van der Waals surface area contributed by atoms with Crippen molar-refractivity contribution in [1.29, 1.82) is 0 Å². The van der Waals surface area contributed by atoms with Crippen LogP contribution in [0.25, 0.3) is 11.5 Å². The first-order valence-electron chi connectivity index (χ1n) is 9.34. The third-order valence-corrected chi connectivity index (χ3v) is 5.15. The SMILES string of the molecule is COc1ccc(OC)c([C@H]2CCCN2Cc2coc(-c3cccc(F)c3)n2)c1. The smallest absolute Gasteiger partial charge is 0.226 e. The van der Waals surface area contributed by atoms with E-state index in [9.17, 15) is 4.39 Å². The number of nitrogens with zero attached hydrogens (tertiary/aromatic N) is 2. The molecule has 4 rings (SSSR count). The van der Waals surface area contributed by atoms with Gasteiger partial charge >= 0.3 is 0 Å². The molecule has 0 N–H and O–H groups in total. The summed E-state index contributed by atoms with van der Waals surface area (Å²) in [6.07, 6.45) is 3.79. The molecular formula is C22H23FN2O3. The van der Waals surface area contributed by atoms with E-state index in [-0.39, 0.29) is 11.9 Å². The van der Waals surface area contributed by atoms with Gasteiger partial charge in [0, 0.05) is 23.7 Å². The summed E-state index contributed by atoms with van der Waals surface area (Å²) in [5, 5.41) is 0. The summed E-state index contributed by atoms with van der Waals surface area (Å²) in [5.74, 6) is 1.81. The Morgan fingerprint density at radius 1 is 1.18 bits per heavy atom. The lowest BCUT2D eigenvalue weighted by molar-refractivity contribution is 0.239. The summed E-state index contributed by atoms with van der Waals surface area (Å²) >= 11 is 0. The fourth-order valence-electron chi connectivity index (χ4n) is 3.81. The zero-order valence-electron chi connectivity index (χ0n) is 16.0. The predicted octanol–water partition coefficient (Wildman–Crippen LogP) is 4.84. The lowest BCUT2D eigenvalue weighted by Crippen LogP contribution is -2.23. The molecule has 1 aromatic heterocycles. The molecule has 0 saturated carbocycles. The monoisotopic (exact) mass is 382 g/mol. The molecule has 28 heavy (non-hydrogen) atoms. The molecule has 0 amide bonds. The molecule has 1 fully saturated rings. The number of rotatable bonds is 6. The molecule has 2 aromatic carbocycles. The minimum absolute atomic E-state index is 0.222. The van der Waals surface area contributed by atoms with Crippen LogP contribution in [0.15, 0.2) is 53.1 Å². The molecular weight excluding hydrogens is 359 g/mol. The van der Waals surface area contributed by atoms with Gasteiger partial charge in [0.05, 0.1) is 19.9 Å². The summed E-state index contributed by atoms with van der Waals surface area (Å²) in [7, 11) is 3.36. The zero-order chi connectivity index (χ0) is 19.5. The van der Waals surface area contributed by atoms with Crippen LogP contribution in [0.2, 0.25) is 0 Å². The van der Waals surface area contributed by atoms with Crippen molar-refractivity contribution in [3.8, 4) is 23.0 Å². The molecule has 146 valence electrons. The van der Waals surface area contributed by atoms with Gasteiger partial charge in [-0.25, -0.2) is 9.37 Å². The van der Waals surface area contributed by atoms with Crippen LogP contribution in [0.1, 0.15) is 30.1 Å². The molecule has 0 bridgehead atoms. The third kappa shape index (κ3) is 3.73. The molecule has 3 aromatic rings. The van der Waals surface area contributed by atoms with Crippen LogP contribution in [-0.4, -0.2) is 30.6 Å². The molecule has 0 radical (unpaired) electrons. The first kappa shape index (κ1) is 18.5. The van der Waals surface area contributed by atoms with Crippen molar-refractivity contribution in [3.05, 3.63) is 65.8 Å². The first-order chi connectivity index (χ1) is 13.7. The molecule has 6 heteroatoms. The van der Waals surface area contributed by atoms with E-state index in [1.807, 2.05) is 18.2 Å². The average Bonchev–Trinajstić information content (AvgIpc) is 3.37. The van der Waals surface area contributed by atoms with E-state index >= 15 is 0 Å². The van der Waals surface area contributed by atoms with Crippen LogP contribution in [0.3, 0.4) is 0 Å². The van der Waals surface area contributed by atoms with Gasteiger partial charge in [-0.05, 0) is 55.8 Å². The highest BCUT2D eigenvalue weighted by atomic mass is 19.1. The minimum atomic E-state index is -0.304. The van der Waals surface area contributed by atoms with Crippen LogP contribution in [0.4, 0.5) is 4.39 Å². The van der Waals surface area contributed by atoms with Gasteiger partial charge in [-0.3, -0.25) is 4.90 Å². The van der Waals surface area contributed by atoms with Gasteiger partial charge in [0.15, 0.2) is 0 Å². The Kier molecular flexibility index (Phi) is 5.30. The lowest BCUT2D eigenvalue weighted by Gasteiger charge is -2.25. The largest absolute Gasteiger partial charge is 0.497 e. The highest BCUT2D eigenvalue weighted by Crippen LogP contribution is 2.39. The number of halogens is 1. The highest BCUT2D eigenvalue weighted by Gasteiger charge is 2.29. The summed E-state index contributed by atoms with van der Waals surface area (Å²) in [6.45, 7) is 1.62. The second kappa shape index (κ2) is 8.02. The van der Waals surface area contributed by atoms with E-state index in [0.29, 0.717) is 18.0 Å². The van der Waals surface area contributed by atoms with Crippen molar-refractivity contribution >= 4 is 0 Å². The van der Waals surface area contributed by atoms with Crippen LogP contribution in [0.5, 0.6) is 11.5 Å². The average molecular weight is 382 g/mol. The fraction of sp³-hybridized carbons (Fsp3) is 0.318. The maximum atomic E-state index is 13.5. The number of benzene rings is 2. The lowest BCUT2D eigenvalue weighted by atomic mass is 10.0. The molecule has 5 nitrogen and oxygen atoms in total. The van der Waals surface area contributed by atoms with Crippen molar-refractivity contribution in [2.75, 3.05) is 20.8 Å². The number of hydrogen-bond acceptors (Lipinski definition) is 5. The number of likely N-dealkylation sites (tertiary alicyclic amines) is 1. The van der Waals surface area contributed by atoms with E-state index in [1.54, 1.807) is 32.6 Å². The van der Waals surface area contributed by atoms with Gasteiger partial charge in [0.25, 0.3) is 0 Å². The van der Waals surface area contributed by atoms with Crippen LogP contribution in [0, 0.1) is 5.82 Å². The number of ether oxygens (including phenoxy) is 2. The maximum Gasteiger partial charge on any atom is 0.226 e.